The van der Waals surface area contributed by atoms with Gasteiger partial charge in [-0.3, -0.25) is 0 Å². The van der Waals surface area contributed by atoms with Gasteiger partial charge in [0.05, 0.1) is 0 Å². The molecular weight excluding hydrogens is 236 g/mol. The lowest BCUT2D eigenvalue weighted by Gasteiger charge is -2.29. The van der Waals surface area contributed by atoms with Crippen molar-refractivity contribution in [2.24, 2.45) is 5.41 Å². The van der Waals surface area contributed by atoms with Gasteiger partial charge in [-0.05, 0) is 43.0 Å². The highest BCUT2D eigenvalue weighted by molar-refractivity contribution is 7.09. The molecule has 0 amide bonds. The van der Waals surface area contributed by atoms with Crippen LogP contribution in [0.2, 0.25) is 0 Å². The van der Waals surface area contributed by atoms with Crippen molar-refractivity contribution in [2.75, 3.05) is 0 Å². The van der Waals surface area contributed by atoms with Gasteiger partial charge in [-0.1, -0.05) is 43.6 Å². The third kappa shape index (κ3) is 3.15. The minimum atomic E-state index is 0.256. The zero-order valence-electron chi connectivity index (χ0n) is 11.4. The quantitative estimate of drug-likeness (QED) is 0.669. The number of hydrogen-bond donors (Lipinski definition) is 0. The summed E-state index contributed by atoms with van der Waals surface area (Å²) in [7, 11) is 0. The molecule has 1 heteroatoms. The van der Waals surface area contributed by atoms with E-state index in [1.165, 1.54) is 10.5 Å². The van der Waals surface area contributed by atoms with Crippen molar-refractivity contribution >= 4 is 11.3 Å². The summed E-state index contributed by atoms with van der Waals surface area (Å²) in [5.74, 6) is 6.15. The fraction of sp³-hybridized carbons (Fsp3) is 0.412. The first-order valence-corrected chi connectivity index (χ1v) is 7.35. The van der Waals surface area contributed by atoms with E-state index >= 15 is 0 Å². The first-order chi connectivity index (χ1) is 8.62. The van der Waals surface area contributed by atoms with Crippen LogP contribution in [0.3, 0.4) is 0 Å². The van der Waals surface area contributed by atoms with Gasteiger partial charge in [-0.25, -0.2) is 0 Å². The first-order valence-electron chi connectivity index (χ1n) is 6.47. The molecule has 0 saturated heterocycles. The average Bonchev–Trinajstić information content (AvgIpc) is 2.82. The molecule has 1 aromatic heterocycles. The molecule has 0 fully saturated rings. The second-order valence-corrected chi connectivity index (χ2v) is 6.43. The maximum Gasteiger partial charge on any atom is 0.00537 e. The van der Waals surface area contributed by atoms with Crippen molar-refractivity contribution in [3.63, 3.8) is 0 Å². The highest BCUT2D eigenvalue weighted by Crippen LogP contribution is 2.37. The molecular formula is C17H20S. The molecule has 1 aliphatic rings. The van der Waals surface area contributed by atoms with Gasteiger partial charge in [-0.2, -0.15) is 0 Å². The van der Waals surface area contributed by atoms with Crippen molar-refractivity contribution in [3.05, 3.63) is 45.7 Å². The van der Waals surface area contributed by atoms with Crippen LogP contribution in [-0.2, 0) is 6.42 Å². The number of thiophene rings is 1. The monoisotopic (exact) mass is 256 g/mol. The van der Waals surface area contributed by atoms with Gasteiger partial charge in [0.2, 0.25) is 0 Å². The van der Waals surface area contributed by atoms with Gasteiger partial charge in [0.25, 0.3) is 0 Å². The minimum absolute atomic E-state index is 0.256. The van der Waals surface area contributed by atoms with E-state index in [9.17, 15) is 0 Å². The Hall–Kier alpha value is -1.26. The van der Waals surface area contributed by atoms with Gasteiger partial charge in [-0.15, -0.1) is 17.3 Å². The molecule has 1 aromatic rings. The fourth-order valence-electron chi connectivity index (χ4n) is 2.43. The van der Waals surface area contributed by atoms with Crippen molar-refractivity contribution in [1.29, 1.82) is 0 Å². The Labute approximate surface area is 114 Å². The number of allylic oxidation sites excluding steroid dienone is 4. The lowest BCUT2D eigenvalue weighted by Crippen LogP contribution is -2.19. The van der Waals surface area contributed by atoms with Gasteiger partial charge in [0, 0.05) is 10.5 Å². The van der Waals surface area contributed by atoms with E-state index in [-0.39, 0.29) is 5.41 Å². The summed E-state index contributed by atoms with van der Waals surface area (Å²) in [5.41, 5.74) is 3.08. The maximum atomic E-state index is 3.17. The van der Waals surface area contributed by atoms with Crippen LogP contribution in [0.4, 0.5) is 0 Å². The first kappa shape index (κ1) is 13.2. The second-order valence-electron chi connectivity index (χ2n) is 5.40. The summed E-state index contributed by atoms with van der Waals surface area (Å²) in [6, 6.07) is 4.37. The molecule has 94 valence electrons. The van der Waals surface area contributed by atoms with Crippen molar-refractivity contribution in [1.82, 2.24) is 0 Å². The summed E-state index contributed by atoms with van der Waals surface area (Å²) in [4.78, 5) is 1.48. The van der Waals surface area contributed by atoms with Gasteiger partial charge in [0.15, 0.2) is 0 Å². The van der Waals surface area contributed by atoms with Gasteiger partial charge < -0.3 is 0 Å². The molecule has 0 saturated carbocycles. The Kier molecular flexibility index (Phi) is 4.09. The van der Waals surface area contributed by atoms with Crippen LogP contribution >= 0.6 is 11.3 Å². The van der Waals surface area contributed by atoms with Crippen LogP contribution in [0.15, 0.2) is 40.8 Å². The summed E-state index contributed by atoms with van der Waals surface area (Å²) in [6.45, 7) is 6.60. The standard InChI is InChI=1S/C17H20S/c1-4-6-14-8-10-15(11-9-14)17(2,3)13-16-7-5-12-18-16/h5,7-8,10,12H,9,11,13H2,1-3H3. The Morgan fingerprint density at radius 3 is 2.67 bits per heavy atom. The second kappa shape index (κ2) is 5.59. The summed E-state index contributed by atoms with van der Waals surface area (Å²) in [6.07, 6.45) is 7.88. The normalized spacial score (nSPS) is 15.5. The van der Waals surface area contributed by atoms with E-state index in [0.717, 1.165) is 19.3 Å². The molecule has 0 aliphatic heterocycles. The number of rotatable bonds is 3. The van der Waals surface area contributed by atoms with Crippen molar-refractivity contribution in [3.8, 4) is 11.8 Å². The largest absolute Gasteiger partial charge is 0.149 e. The molecule has 0 bridgehead atoms. The molecule has 18 heavy (non-hydrogen) atoms. The maximum absolute atomic E-state index is 3.17. The van der Waals surface area contributed by atoms with Crippen LogP contribution in [0, 0.1) is 17.3 Å². The van der Waals surface area contributed by atoms with E-state index < -0.39 is 0 Å². The molecule has 0 N–H and O–H groups in total. The van der Waals surface area contributed by atoms with Crippen LogP contribution in [0.1, 0.15) is 38.5 Å². The zero-order chi connectivity index (χ0) is 13.0. The lowest BCUT2D eigenvalue weighted by molar-refractivity contribution is 0.429. The molecule has 0 aromatic carbocycles. The molecule has 0 radical (unpaired) electrons. The average molecular weight is 256 g/mol. The Morgan fingerprint density at radius 1 is 1.28 bits per heavy atom. The van der Waals surface area contributed by atoms with Gasteiger partial charge in [0.1, 0.15) is 0 Å². The summed E-state index contributed by atoms with van der Waals surface area (Å²) >= 11 is 1.86. The van der Waals surface area contributed by atoms with E-state index in [1.807, 2.05) is 18.3 Å². The predicted molar refractivity (Wildman–Crippen MR) is 80.7 cm³/mol. The van der Waals surface area contributed by atoms with Crippen LogP contribution in [0.25, 0.3) is 0 Å². The molecule has 2 rings (SSSR count). The molecule has 1 heterocycles. The van der Waals surface area contributed by atoms with E-state index in [4.69, 9.17) is 0 Å². The molecule has 0 spiro atoms. The summed E-state index contributed by atoms with van der Waals surface area (Å²) in [5, 5.41) is 2.16. The predicted octanol–water partition coefficient (Wildman–Crippen LogP) is 4.99. The van der Waals surface area contributed by atoms with Crippen molar-refractivity contribution in [2.45, 2.75) is 40.0 Å². The molecule has 1 aliphatic carbocycles. The SMILES string of the molecule is CC#CC1=CC=C(C(C)(C)Cc2cccs2)CC1. The van der Waals surface area contributed by atoms with Gasteiger partial charge >= 0.3 is 0 Å². The van der Waals surface area contributed by atoms with Crippen LogP contribution in [-0.4, -0.2) is 0 Å². The smallest absolute Gasteiger partial charge is 0.00537 e. The highest BCUT2D eigenvalue weighted by atomic mass is 32.1. The van der Waals surface area contributed by atoms with Crippen molar-refractivity contribution < 1.29 is 0 Å². The number of hydrogen-bond acceptors (Lipinski definition) is 1. The topological polar surface area (TPSA) is 0 Å². The van der Waals surface area contributed by atoms with E-state index in [0.29, 0.717) is 0 Å². The third-order valence-corrected chi connectivity index (χ3v) is 4.38. The Bertz CT molecular complexity index is 516. The third-order valence-electron chi connectivity index (χ3n) is 3.50. The van der Waals surface area contributed by atoms with E-state index in [2.05, 4.69) is 55.4 Å². The van der Waals surface area contributed by atoms with Crippen LogP contribution < -0.4 is 0 Å². The Morgan fingerprint density at radius 2 is 2.11 bits per heavy atom. The zero-order valence-corrected chi connectivity index (χ0v) is 12.2. The molecule has 0 atom stereocenters. The minimum Gasteiger partial charge on any atom is -0.149 e. The lowest BCUT2D eigenvalue weighted by atomic mass is 9.76. The highest BCUT2D eigenvalue weighted by Gasteiger charge is 2.25. The fourth-order valence-corrected chi connectivity index (χ4v) is 3.36. The van der Waals surface area contributed by atoms with Crippen LogP contribution in [0.5, 0.6) is 0 Å². The molecule has 0 unspecified atom stereocenters. The Balaban J connectivity index is 2.13. The summed E-state index contributed by atoms with van der Waals surface area (Å²) < 4.78 is 0. The molecule has 0 nitrogen and oxygen atoms in total. The van der Waals surface area contributed by atoms with E-state index in [1.54, 1.807) is 5.57 Å².